The average molecular weight is 495 g/mol. The summed E-state index contributed by atoms with van der Waals surface area (Å²) in [5.74, 6) is -0.109. The van der Waals surface area contributed by atoms with Crippen molar-refractivity contribution in [3.8, 4) is 11.1 Å². The van der Waals surface area contributed by atoms with Gasteiger partial charge in [0.1, 0.15) is 0 Å². The summed E-state index contributed by atoms with van der Waals surface area (Å²) in [6.45, 7) is 1.79. The second-order valence-corrected chi connectivity index (χ2v) is 8.69. The molecule has 8 nitrogen and oxygen atoms in total. The van der Waals surface area contributed by atoms with Crippen LogP contribution in [-0.4, -0.2) is 27.5 Å². The van der Waals surface area contributed by atoms with Crippen molar-refractivity contribution in [1.29, 1.82) is 0 Å². The molecular formula is C24H18N2O6S2. The number of aryl methyl sites for hydroxylation is 1. The summed E-state index contributed by atoms with van der Waals surface area (Å²) < 4.78 is 38.6. The number of hydrogen-bond acceptors (Lipinski definition) is 6. The maximum Gasteiger partial charge on any atom is 0.335 e. The number of hydrogen-bond donors (Lipinski definition) is 2. The van der Waals surface area contributed by atoms with Crippen molar-refractivity contribution in [3.05, 3.63) is 87.7 Å². The predicted octanol–water partition coefficient (Wildman–Crippen LogP) is 3.71. The Morgan fingerprint density at radius 2 is 1.53 bits per heavy atom. The maximum atomic E-state index is 13.6. The molecule has 172 valence electrons. The van der Waals surface area contributed by atoms with E-state index in [1.807, 2.05) is 24.3 Å². The zero-order valence-corrected chi connectivity index (χ0v) is 19.7. The van der Waals surface area contributed by atoms with Crippen molar-refractivity contribution in [2.24, 2.45) is 7.05 Å². The lowest BCUT2D eigenvalue weighted by Crippen LogP contribution is -2.24. The Labute approximate surface area is 200 Å². The van der Waals surface area contributed by atoms with Crippen molar-refractivity contribution in [1.82, 2.24) is 4.57 Å². The summed E-state index contributed by atoms with van der Waals surface area (Å²) in [5.41, 5.74) is 5.13. The molecule has 1 aliphatic rings. The molecule has 0 spiro atoms. The van der Waals surface area contributed by atoms with Crippen LogP contribution in [0.25, 0.3) is 22.0 Å². The highest BCUT2D eigenvalue weighted by atomic mass is 32.2. The minimum atomic E-state index is -2.05. The van der Waals surface area contributed by atoms with Crippen LogP contribution in [0.1, 0.15) is 21.5 Å². The summed E-state index contributed by atoms with van der Waals surface area (Å²) >= 11 is -2.80. The Kier molecular flexibility index (Phi) is 6.38. The SMILES string of the molecule is Cc1c2c3c(c(Nc4ccc(S(=O)O)cc4)ccc3n(C)c1=O)C(=O)c1ccccc1-2.O=S=O. The number of anilines is 2. The molecule has 1 heterocycles. The first-order valence-corrected chi connectivity index (χ1v) is 11.8. The van der Waals surface area contributed by atoms with Gasteiger partial charge in [0, 0.05) is 34.8 Å². The zero-order chi connectivity index (χ0) is 24.6. The highest BCUT2D eigenvalue weighted by molar-refractivity contribution is 7.79. The first-order valence-electron chi connectivity index (χ1n) is 10.00. The summed E-state index contributed by atoms with van der Waals surface area (Å²) in [5, 5.41) is 4.02. The normalized spacial score (nSPS) is 12.4. The van der Waals surface area contributed by atoms with E-state index in [9.17, 15) is 18.4 Å². The molecule has 0 amide bonds. The van der Waals surface area contributed by atoms with Crippen LogP contribution < -0.4 is 10.9 Å². The van der Waals surface area contributed by atoms with Crippen LogP contribution in [0.2, 0.25) is 0 Å². The number of pyridine rings is 1. The number of nitrogens with zero attached hydrogens (tertiary/aromatic N) is 1. The van der Waals surface area contributed by atoms with E-state index in [2.05, 4.69) is 5.32 Å². The summed E-state index contributed by atoms with van der Waals surface area (Å²) in [6, 6.07) is 17.5. The number of ketones is 1. The van der Waals surface area contributed by atoms with Crippen LogP contribution in [-0.2, 0) is 29.7 Å². The third kappa shape index (κ3) is 3.81. The van der Waals surface area contributed by atoms with Gasteiger partial charge in [-0.25, -0.2) is 4.21 Å². The lowest BCUT2D eigenvalue weighted by atomic mass is 9.81. The van der Waals surface area contributed by atoms with Crippen molar-refractivity contribution in [2.45, 2.75) is 11.8 Å². The highest BCUT2D eigenvalue weighted by Gasteiger charge is 2.30. The Hall–Kier alpha value is -3.73. The third-order valence-electron chi connectivity index (χ3n) is 5.80. The number of nitrogens with one attached hydrogen (secondary N) is 1. The molecule has 0 bridgehead atoms. The molecule has 1 aliphatic carbocycles. The van der Waals surface area contributed by atoms with Gasteiger partial charge in [-0.3, -0.25) is 9.59 Å². The van der Waals surface area contributed by atoms with Crippen LogP contribution in [0.5, 0.6) is 0 Å². The largest absolute Gasteiger partial charge is 0.355 e. The highest BCUT2D eigenvalue weighted by Crippen LogP contribution is 2.43. The molecule has 0 fully saturated rings. The van der Waals surface area contributed by atoms with E-state index in [-0.39, 0.29) is 11.3 Å². The van der Waals surface area contributed by atoms with Gasteiger partial charge in [0.25, 0.3) is 5.56 Å². The van der Waals surface area contributed by atoms with Gasteiger partial charge in [0.15, 0.2) is 16.9 Å². The average Bonchev–Trinajstić information content (AvgIpc) is 2.83. The van der Waals surface area contributed by atoms with Crippen LogP contribution >= 0.6 is 0 Å². The van der Waals surface area contributed by atoms with E-state index in [0.29, 0.717) is 38.5 Å². The Balaban J connectivity index is 0.000000868. The third-order valence-corrected chi connectivity index (χ3v) is 6.47. The van der Waals surface area contributed by atoms with E-state index >= 15 is 0 Å². The van der Waals surface area contributed by atoms with Crippen LogP contribution in [0.15, 0.2) is 70.4 Å². The van der Waals surface area contributed by atoms with Gasteiger partial charge in [-0.2, -0.15) is 8.42 Å². The Morgan fingerprint density at radius 3 is 2.15 bits per heavy atom. The molecule has 0 aliphatic heterocycles. The van der Waals surface area contributed by atoms with Crippen molar-refractivity contribution in [2.75, 3.05) is 5.32 Å². The summed E-state index contributed by atoms with van der Waals surface area (Å²) in [6.07, 6.45) is 0. The Morgan fingerprint density at radius 1 is 0.912 bits per heavy atom. The van der Waals surface area contributed by atoms with Gasteiger partial charge in [-0.15, -0.1) is 0 Å². The first kappa shape index (κ1) is 23.4. The smallest absolute Gasteiger partial charge is 0.335 e. The fraction of sp³-hybridized carbons (Fsp3) is 0.0833. The molecule has 5 rings (SSSR count). The number of rotatable bonds is 3. The monoisotopic (exact) mass is 494 g/mol. The molecule has 0 radical (unpaired) electrons. The lowest BCUT2D eigenvalue weighted by molar-refractivity contribution is 0.104. The molecule has 4 aromatic rings. The molecule has 1 atom stereocenters. The molecular weight excluding hydrogens is 476 g/mol. The molecule has 1 unspecified atom stereocenters. The van der Waals surface area contributed by atoms with Crippen LogP contribution in [0.3, 0.4) is 0 Å². The van der Waals surface area contributed by atoms with Crippen molar-refractivity contribution >= 4 is 50.7 Å². The molecule has 10 heteroatoms. The molecule has 1 aromatic heterocycles. The number of aromatic nitrogens is 1. The first-order chi connectivity index (χ1) is 16.3. The molecule has 34 heavy (non-hydrogen) atoms. The van der Waals surface area contributed by atoms with Crippen molar-refractivity contribution < 1.29 is 22.0 Å². The van der Waals surface area contributed by atoms with Gasteiger partial charge < -0.3 is 14.4 Å². The summed E-state index contributed by atoms with van der Waals surface area (Å²) in [7, 11) is 1.71. The van der Waals surface area contributed by atoms with Gasteiger partial charge in [0.2, 0.25) is 0 Å². The second-order valence-electron chi connectivity index (χ2n) is 7.59. The molecule has 3 aromatic carbocycles. The zero-order valence-electron chi connectivity index (χ0n) is 18.0. The second kappa shape index (κ2) is 9.26. The fourth-order valence-electron chi connectivity index (χ4n) is 4.30. The topological polar surface area (TPSA) is 123 Å². The minimum Gasteiger partial charge on any atom is -0.355 e. The van der Waals surface area contributed by atoms with E-state index < -0.39 is 22.7 Å². The van der Waals surface area contributed by atoms with Gasteiger partial charge in [0.05, 0.1) is 21.7 Å². The maximum absolute atomic E-state index is 13.6. The number of carbonyl (C=O) groups excluding carboxylic acids is 1. The molecule has 0 saturated carbocycles. The van der Waals surface area contributed by atoms with Gasteiger partial charge in [-0.1, -0.05) is 24.3 Å². The standard InChI is InChI=1S/C24H18N2O4S.O2S/c1-13-20-16-5-3-4-6-17(16)23(27)21-18(11-12-19(22(20)21)26(2)24(13)28)25-14-7-9-15(10-8-14)31(29)30;1-3-2/h3-12,25H,1-2H3,(H,29,30);. The molecule has 2 N–H and O–H groups in total. The van der Waals surface area contributed by atoms with Crippen molar-refractivity contribution in [3.63, 3.8) is 0 Å². The van der Waals surface area contributed by atoms with E-state index in [1.54, 1.807) is 54.9 Å². The number of carbonyl (C=O) groups is 1. The predicted molar refractivity (Wildman–Crippen MR) is 130 cm³/mol. The van der Waals surface area contributed by atoms with Gasteiger partial charge in [-0.05, 0) is 48.9 Å². The minimum absolute atomic E-state index is 0.0918. The van der Waals surface area contributed by atoms with E-state index in [1.165, 1.54) is 0 Å². The lowest BCUT2D eigenvalue weighted by Gasteiger charge is -2.25. The quantitative estimate of drug-likeness (QED) is 0.367. The fourth-order valence-corrected chi connectivity index (χ4v) is 4.67. The van der Waals surface area contributed by atoms with Crippen LogP contribution in [0, 0.1) is 6.92 Å². The van der Waals surface area contributed by atoms with Crippen LogP contribution in [0.4, 0.5) is 11.4 Å². The number of fused-ring (bicyclic) bond motifs is 2. The number of benzene rings is 3. The molecule has 0 saturated heterocycles. The van der Waals surface area contributed by atoms with Gasteiger partial charge >= 0.3 is 11.6 Å². The Bertz CT molecular complexity index is 1590. The van der Waals surface area contributed by atoms with E-state index in [0.717, 1.165) is 16.5 Å². The summed E-state index contributed by atoms with van der Waals surface area (Å²) in [4.78, 5) is 26.7. The van der Waals surface area contributed by atoms with E-state index in [4.69, 9.17) is 8.42 Å².